The molecule has 0 aliphatic carbocycles. The normalized spacial score (nSPS) is 11.3. The molecule has 1 N–H and O–H groups in total. The lowest BCUT2D eigenvalue weighted by Crippen LogP contribution is -2.30. The van der Waals surface area contributed by atoms with Crippen molar-refractivity contribution in [2.45, 2.75) is 32.2 Å². The first-order valence-corrected chi connectivity index (χ1v) is 9.84. The fraction of sp³-hybridized carbons (Fsp3) is 0.391. The number of amides is 1. The Morgan fingerprint density at radius 1 is 0.967 bits per heavy atom. The van der Waals surface area contributed by atoms with Crippen molar-refractivity contribution in [2.75, 3.05) is 27.9 Å². The number of benzene rings is 2. The predicted octanol–water partition coefficient (Wildman–Crippen LogP) is 3.92. The first-order chi connectivity index (χ1) is 14.5. The van der Waals surface area contributed by atoms with Gasteiger partial charge in [0.05, 0.1) is 40.4 Å². The maximum absolute atomic E-state index is 12.8. The van der Waals surface area contributed by atoms with E-state index in [0.29, 0.717) is 35.0 Å². The van der Waals surface area contributed by atoms with E-state index in [1.807, 2.05) is 0 Å². The summed E-state index contributed by atoms with van der Waals surface area (Å²) in [6.07, 6.45) is 2.01. The SMILES string of the molecule is CCCCOc1ccc(C(=O)NC(CC(=O)OC)c2ccc(OC)c(OC)c2)cc1. The van der Waals surface area contributed by atoms with Gasteiger partial charge in [0.25, 0.3) is 5.91 Å². The molecule has 2 aromatic carbocycles. The van der Waals surface area contributed by atoms with Gasteiger partial charge in [0.15, 0.2) is 11.5 Å². The summed E-state index contributed by atoms with van der Waals surface area (Å²) in [6.45, 7) is 2.74. The molecular formula is C23H29NO6. The van der Waals surface area contributed by atoms with E-state index in [9.17, 15) is 9.59 Å². The van der Waals surface area contributed by atoms with E-state index >= 15 is 0 Å². The third kappa shape index (κ3) is 6.40. The van der Waals surface area contributed by atoms with E-state index in [-0.39, 0.29) is 12.3 Å². The Balaban J connectivity index is 2.18. The van der Waals surface area contributed by atoms with Crippen molar-refractivity contribution in [2.24, 2.45) is 0 Å². The van der Waals surface area contributed by atoms with Crippen LogP contribution in [0.15, 0.2) is 42.5 Å². The molecule has 0 heterocycles. The van der Waals surface area contributed by atoms with Gasteiger partial charge in [0.1, 0.15) is 5.75 Å². The monoisotopic (exact) mass is 415 g/mol. The fourth-order valence-corrected chi connectivity index (χ4v) is 2.85. The van der Waals surface area contributed by atoms with Crippen LogP contribution in [0.3, 0.4) is 0 Å². The molecule has 0 saturated carbocycles. The summed E-state index contributed by atoms with van der Waals surface area (Å²) >= 11 is 0. The standard InChI is InChI=1S/C23H29NO6/c1-5-6-13-30-18-10-7-16(8-11-18)23(26)24-19(15-22(25)29-4)17-9-12-20(27-2)21(14-17)28-3/h7-12,14,19H,5-6,13,15H2,1-4H3,(H,24,26). The molecule has 30 heavy (non-hydrogen) atoms. The molecule has 0 radical (unpaired) electrons. The zero-order valence-electron chi connectivity index (χ0n) is 17.9. The van der Waals surface area contributed by atoms with Crippen molar-refractivity contribution < 1.29 is 28.5 Å². The molecule has 2 rings (SSSR count). The Labute approximate surface area is 177 Å². The highest BCUT2D eigenvalue weighted by Gasteiger charge is 2.21. The number of carbonyl (C=O) groups is 2. The molecule has 2 aromatic rings. The molecule has 7 nitrogen and oxygen atoms in total. The summed E-state index contributed by atoms with van der Waals surface area (Å²) in [5, 5.41) is 2.90. The van der Waals surface area contributed by atoms with Crippen LogP contribution in [0.4, 0.5) is 0 Å². The summed E-state index contributed by atoms with van der Waals surface area (Å²) < 4.78 is 21.0. The number of rotatable bonds is 11. The van der Waals surface area contributed by atoms with E-state index in [0.717, 1.165) is 12.8 Å². The highest BCUT2D eigenvalue weighted by Crippen LogP contribution is 2.31. The number of methoxy groups -OCH3 is 3. The van der Waals surface area contributed by atoms with Crippen molar-refractivity contribution in [3.8, 4) is 17.2 Å². The first kappa shape index (κ1) is 23.1. The van der Waals surface area contributed by atoms with Gasteiger partial charge < -0.3 is 24.3 Å². The number of carbonyl (C=O) groups excluding carboxylic acids is 2. The quantitative estimate of drug-likeness (QED) is 0.442. The molecule has 1 atom stereocenters. The minimum absolute atomic E-state index is 0.0179. The van der Waals surface area contributed by atoms with Gasteiger partial charge >= 0.3 is 5.97 Å². The number of unbranched alkanes of at least 4 members (excludes halogenated alkanes) is 1. The third-order valence-electron chi connectivity index (χ3n) is 4.60. The molecule has 0 fully saturated rings. The number of hydrogen-bond acceptors (Lipinski definition) is 6. The van der Waals surface area contributed by atoms with Gasteiger partial charge in [-0.05, 0) is 48.4 Å². The molecule has 1 amide bonds. The van der Waals surface area contributed by atoms with Crippen LogP contribution in [0, 0.1) is 0 Å². The van der Waals surface area contributed by atoms with Gasteiger partial charge in [-0.25, -0.2) is 0 Å². The molecule has 162 valence electrons. The number of esters is 1. The molecule has 0 saturated heterocycles. The predicted molar refractivity (Wildman–Crippen MR) is 113 cm³/mol. The summed E-state index contributed by atoms with van der Waals surface area (Å²) in [7, 11) is 4.38. The Kier molecular flexibility index (Phi) is 9.00. The first-order valence-electron chi connectivity index (χ1n) is 9.84. The second-order valence-electron chi connectivity index (χ2n) is 6.65. The molecular weight excluding hydrogens is 386 g/mol. The maximum atomic E-state index is 12.8. The highest BCUT2D eigenvalue weighted by atomic mass is 16.5. The molecule has 0 bridgehead atoms. The summed E-state index contributed by atoms with van der Waals surface area (Å²) in [6, 6.07) is 11.6. The van der Waals surface area contributed by atoms with Crippen LogP contribution in [0.25, 0.3) is 0 Å². The van der Waals surface area contributed by atoms with Crippen LogP contribution in [-0.2, 0) is 9.53 Å². The second-order valence-corrected chi connectivity index (χ2v) is 6.65. The van der Waals surface area contributed by atoms with Gasteiger partial charge in [-0.15, -0.1) is 0 Å². The minimum atomic E-state index is -0.592. The Bertz CT molecular complexity index is 834. The molecule has 7 heteroatoms. The van der Waals surface area contributed by atoms with E-state index < -0.39 is 12.0 Å². The lowest BCUT2D eigenvalue weighted by Gasteiger charge is -2.20. The largest absolute Gasteiger partial charge is 0.494 e. The van der Waals surface area contributed by atoms with Crippen molar-refractivity contribution in [3.05, 3.63) is 53.6 Å². The minimum Gasteiger partial charge on any atom is -0.494 e. The van der Waals surface area contributed by atoms with Crippen LogP contribution in [0.2, 0.25) is 0 Å². The average molecular weight is 415 g/mol. The van der Waals surface area contributed by atoms with E-state index in [1.165, 1.54) is 14.2 Å². The van der Waals surface area contributed by atoms with Crippen molar-refractivity contribution in [1.82, 2.24) is 5.32 Å². The zero-order valence-corrected chi connectivity index (χ0v) is 17.9. The van der Waals surface area contributed by atoms with E-state index in [2.05, 4.69) is 12.2 Å². The topological polar surface area (TPSA) is 83.1 Å². The lowest BCUT2D eigenvalue weighted by atomic mass is 10.0. The van der Waals surface area contributed by atoms with Crippen molar-refractivity contribution >= 4 is 11.9 Å². The van der Waals surface area contributed by atoms with Crippen molar-refractivity contribution in [3.63, 3.8) is 0 Å². The summed E-state index contributed by atoms with van der Waals surface area (Å²) in [5.41, 5.74) is 1.17. The van der Waals surface area contributed by atoms with Gasteiger partial charge in [-0.3, -0.25) is 9.59 Å². The van der Waals surface area contributed by atoms with E-state index in [1.54, 1.807) is 49.6 Å². The summed E-state index contributed by atoms with van der Waals surface area (Å²) in [4.78, 5) is 24.7. The van der Waals surface area contributed by atoms with Gasteiger partial charge in [0.2, 0.25) is 0 Å². The van der Waals surface area contributed by atoms with E-state index in [4.69, 9.17) is 18.9 Å². The molecule has 0 aliphatic heterocycles. The lowest BCUT2D eigenvalue weighted by molar-refractivity contribution is -0.141. The summed E-state index contributed by atoms with van der Waals surface area (Å²) in [5.74, 6) is 1.04. The molecule has 0 spiro atoms. The Morgan fingerprint density at radius 3 is 2.27 bits per heavy atom. The number of hydrogen-bond donors (Lipinski definition) is 1. The van der Waals surface area contributed by atoms with Crippen LogP contribution in [0.1, 0.15) is 48.1 Å². The Morgan fingerprint density at radius 2 is 1.67 bits per heavy atom. The highest BCUT2D eigenvalue weighted by molar-refractivity contribution is 5.94. The zero-order chi connectivity index (χ0) is 21.9. The Hall–Kier alpha value is -3.22. The van der Waals surface area contributed by atoms with Crippen LogP contribution < -0.4 is 19.5 Å². The number of nitrogens with one attached hydrogen (secondary N) is 1. The fourth-order valence-electron chi connectivity index (χ4n) is 2.85. The number of ether oxygens (including phenoxy) is 4. The second kappa shape index (κ2) is 11.7. The molecule has 0 aliphatic rings. The van der Waals surface area contributed by atoms with Crippen LogP contribution in [0.5, 0.6) is 17.2 Å². The van der Waals surface area contributed by atoms with Crippen LogP contribution in [-0.4, -0.2) is 39.8 Å². The average Bonchev–Trinajstić information content (AvgIpc) is 2.78. The molecule has 1 unspecified atom stereocenters. The van der Waals surface area contributed by atoms with Crippen molar-refractivity contribution in [1.29, 1.82) is 0 Å². The van der Waals surface area contributed by atoms with Gasteiger partial charge in [-0.1, -0.05) is 19.4 Å². The van der Waals surface area contributed by atoms with Gasteiger partial charge in [0, 0.05) is 5.56 Å². The maximum Gasteiger partial charge on any atom is 0.307 e. The third-order valence-corrected chi connectivity index (χ3v) is 4.60. The van der Waals surface area contributed by atoms with Crippen LogP contribution >= 0.6 is 0 Å². The molecule has 0 aromatic heterocycles. The smallest absolute Gasteiger partial charge is 0.307 e. The van der Waals surface area contributed by atoms with Gasteiger partial charge in [-0.2, -0.15) is 0 Å².